The van der Waals surface area contributed by atoms with Crippen LogP contribution >= 0.6 is 0 Å². The summed E-state index contributed by atoms with van der Waals surface area (Å²) in [7, 11) is 1.62. The van der Waals surface area contributed by atoms with Crippen molar-refractivity contribution >= 4 is 11.6 Å². The zero-order valence-electron chi connectivity index (χ0n) is 15.1. The number of methoxy groups -OCH3 is 1. The molecular weight excluding hydrogens is 314 g/mol. The molecule has 1 aromatic rings. The van der Waals surface area contributed by atoms with Gasteiger partial charge in [-0.2, -0.15) is 0 Å². The van der Waals surface area contributed by atoms with Gasteiger partial charge in [-0.15, -0.1) is 0 Å². The maximum absolute atomic E-state index is 11.9. The van der Waals surface area contributed by atoms with E-state index in [0.717, 1.165) is 23.4 Å². The van der Waals surface area contributed by atoms with Crippen molar-refractivity contribution in [2.24, 2.45) is 17.8 Å². The van der Waals surface area contributed by atoms with Crippen LogP contribution in [0.25, 0.3) is 0 Å². The van der Waals surface area contributed by atoms with Crippen molar-refractivity contribution in [3.8, 4) is 0 Å². The zero-order valence-corrected chi connectivity index (χ0v) is 15.1. The Bertz CT molecular complexity index is 575. The lowest BCUT2D eigenvalue weighted by atomic mass is 9.48. The number of ether oxygens (including phenoxy) is 2. The standard InChI is InChI=1S/C21H29NO3/c1-24-6-7-25-14-20(23)22-19-4-2-18(3-5-19)21-11-15-8-16(12-21)10-17(9-15)13-21/h2-5,15-17H,6-14H2,1H3,(H,22,23). The van der Waals surface area contributed by atoms with E-state index in [1.807, 2.05) is 0 Å². The summed E-state index contributed by atoms with van der Waals surface area (Å²) in [6.07, 6.45) is 8.53. The second-order valence-electron chi connectivity index (χ2n) is 8.37. The first-order chi connectivity index (χ1) is 12.2. The molecule has 0 heterocycles. The van der Waals surface area contributed by atoms with E-state index < -0.39 is 0 Å². The summed E-state index contributed by atoms with van der Waals surface area (Å²) in [5, 5.41) is 2.92. The van der Waals surface area contributed by atoms with Crippen molar-refractivity contribution in [3.63, 3.8) is 0 Å². The minimum Gasteiger partial charge on any atom is -0.382 e. The van der Waals surface area contributed by atoms with Crippen molar-refractivity contribution in [2.45, 2.75) is 43.9 Å². The molecule has 136 valence electrons. The van der Waals surface area contributed by atoms with E-state index in [9.17, 15) is 4.79 Å². The third-order valence-corrected chi connectivity index (χ3v) is 6.48. The molecule has 4 bridgehead atoms. The fraction of sp³-hybridized carbons (Fsp3) is 0.667. The molecule has 5 rings (SSSR count). The Kier molecular flexibility index (Phi) is 4.83. The Labute approximate surface area is 150 Å². The summed E-state index contributed by atoms with van der Waals surface area (Å²) in [5.41, 5.74) is 2.76. The normalized spacial score (nSPS) is 32.8. The van der Waals surface area contributed by atoms with Crippen LogP contribution in [0.2, 0.25) is 0 Å². The van der Waals surface area contributed by atoms with E-state index in [4.69, 9.17) is 9.47 Å². The third kappa shape index (κ3) is 3.61. The van der Waals surface area contributed by atoms with Crippen LogP contribution in [0.1, 0.15) is 44.1 Å². The molecule has 4 heteroatoms. The number of amides is 1. The Balaban J connectivity index is 1.37. The molecule has 0 atom stereocenters. The molecule has 25 heavy (non-hydrogen) atoms. The molecule has 0 spiro atoms. The highest BCUT2D eigenvalue weighted by Gasteiger charge is 2.51. The van der Waals surface area contributed by atoms with Gasteiger partial charge >= 0.3 is 0 Å². The predicted molar refractivity (Wildman–Crippen MR) is 97.6 cm³/mol. The number of rotatable bonds is 7. The van der Waals surface area contributed by atoms with E-state index >= 15 is 0 Å². The topological polar surface area (TPSA) is 47.6 Å². The molecule has 4 saturated carbocycles. The van der Waals surface area contributed by atoms with Gasteiger partial charge in [0.1, 0.15) is 6.61 Å². The van der Waals surface area contributed by atoms with Crippen LogP contribution in [-0.4, -0.2) is 32.8 Å². The number of carbonyl (C=O) groups excluding carboxylic acids is 1. The zero-order chi connectivity index (χ0) is 17.3. The minimum atomic E-state index is -0.112. The van der Waals surface area contributed by atoms with Crippen LogP contribution in [0.5, 0.6) is 0 Å². The van der Waals surface area contributed by atoms with Gasteiger partial charge in [0, 0.05) is 12.8 Å². The van der Waals surface area contributed by atoms with Gasteiger partial charge in [0.2, 0.25) is 5.91 Å². The maximum atomic E-state index is 11.9. The van der Waals surface area contributed by atoms with Gasteiger partial charge in [-0.25, -0.2) is 0 Å². The molecule has 4 nitrogen and oxygen atoms in total. The average molecular weight is 343 g/mol. The van der Waals surface area contributed by atoms with Gasteiger partial charge in [-0.05, 0) is 79.4 Å². The number of hydrogen-bond acceptors (Lipinski definition) is 3. The fourth-order valence-corrected chi connectivity index (χ4v) is 5.88. The lowest BCUT2D eigenvalue weighted by Crippen LogP contribution is -2.48. The van der Waals surface area contributed by atoms with Crippen LogP contribution in [-0.2, 0) is 19.7 Å². The molecule has 4 aliphatic carbocycles. The summed E-state index contributed by atoms with van der Waals surface area (Å²) in [4.78, 5) is 11.9. The van der Waals surface area contributed by atoms with Gasteiger partial charge in [-0.1, -0.05) is 12.1 Å². The third-order valence-electron chi connectivity index (χ3n) is 6.48. The van der Waals surface area contributed by atoms with Gasteiger partial charge in [0.25, 0.3) is 0 Å². The maximum Gasteiger partial charge on any atom is 0.250 e. The minimum absolute atomic E-state index is 0.0695. The van der Waals surface area contributed by atoms with Crippen LogP contribution < -0.4 is 5.32 Å². The van der Waals surface area contributed by atoms with E-state index in [2.05, 4.69) is 29.6 Å². The second kappa shape index (κ2) is 7.08. The molecule has 1 aromatic carbocycles. The van der Waals surface area contributed by atoms with Crippen LogP contribution in [0, 0.1) is 17.8 Å². The Morgan fingerprint density at radius 1 is 1.04 bits per heavy atom. The predicted octanol–water partition coefficient (Wildman–Crippen LogP) is 3.76. The number of carbonyl (C=O) groups is 1. The van der Waals surface area contributed by atoms with Gasteiger partial charge < -0.3 is 14.8 Å². The SMILES string of the molecule is COCCOCC(=O)Nc1ccc(C23CC4CC(CC(C4)C2)C3)cc1. The van der Waals surface area contributed by atoms with Crippen molar-refractivity contribution in [1.29, 1.82) is 0 Å². The second-order valence-corrected chi connectivity index (χ2v) is 8.37. The van der Waals surface area contributed by atoms with Crippen molar-refractivity contribution in [2.75, 3.05) is 32.2 Å². The molecule has 1 N–H and O–H groups in total. The summed E-state index contributed by atoms with van der Waals surface area (Å²) >= 11 is 0. The number of nitrogens with one attached hydrogen (secondary N) is 1. The summed E-state index contributed by atoms with van der Waals surface area (Å²) in [6.45, 7) is 1.02. The molecule has 0 saturated heterocycles. The summed E-state index contributed by atoms with van der Waals surface area (Å²) in [6, 6.07) is 8.60. The Morgan fingerprint density at radius 2 is 1.64 bits per heavy atom. The average Bonchev–Trinajstić information content (AvgIpc) is 2.58. The van der Waals surface area contributed by atoms with Crippen LogP contribution in [0.3, 0.4) is 0 Å². The molecule has 0 unspecified atom stereocenters. The smallest absolute Gasteiger partial charge is 0.250 e. The lowest BCUT2D eigenvalue weighted by molar-refractivity contribution is -0.121. The van der Waals surface area contributed by atoms with E-state index in [0.29, 0.717) is 18.6 Å². The molecule has 1 amide bonds. The summed E-state index contributed by atoms with van der Waals surface area (Å²) in [5.74, 6) is 2.75. The number of anilines is 1. The van der Waals surface area contributed by atoms with E-state index in [-0.39, 0.29) is 12.5 Å². The molecule has 0 radical (unpaired) electrons. The fourth-order valence-electron chi connectivity index (χ4n) is 5.88. The van der Waals surface area contributed by atoms with Crippen LogP contribution in [0.15, 0.2) is 24.3 Å². The van der Waals surface area contributed by atoms with Crippen molar-refractivity contribution in [1.82, 2.24) is 0 Å². The highest BCUT2D eigenvalue weighted by Crippen LogP contribution is 2.60. The molecule has 4 aliphatic rings. The van der Waals surface area contributed by atoms with Gasteiger partial charge in [0.05, 0.1) is 13.2 Å². The quantitative estimate of drug-likeness (QED) is 0.767. The van der Waals surface area contributed by atoms with E-state index in [1.54, 1.807) is 7.11 Å². The highest BCUT2D eigenvalue weighted by atomic mass is 16.5. The Hall–Kier alpha value is -1.39. The first-order valence-corrected chi connectivity index (χ1v) is 9.64. The first kappa shape index (κ1) is 17.0. The summed E-state index contributed by atoms with van der Waals surface area (Å²) < 4.78 is 10.2. The number of hydrogen-bond donors (Lipinski definition) is 1. The largest absolute Gasteiger partial charge is 0.382 e. The highest BCUT2D eigenvalue weighted by molar-refractivity contribution is 5.91. The molecule has 4 fully saturated rings. The van der Waals surface area contributed by atoms with Gasteiger partial charge in [-0.3, -0.25) is 4.79 Å². The molecular formula is C21H29NO3. The van der Waals surface area contributed by atoms with Gasteiger partial charge in [0.15, 0.2) is 0 Å². The number of benzene rings is 1. The Morgan fingerprint density at radius 3 is 2.20 bits per heavy atom. The van der Waals surface area contributed by atoms with Crippen molar-refractivity contribution < 1.29 is 14.3 Å². The van der Waals surface area contributed by atoms with E-state index in [1.165, 1.54) is 44.1 Å². The molecule has 0 aromatic heterocycles. The molecule has 0 aliphatic heterocycles. The van der Waals surface area contributed by atoms with Crippen molar-refractivity contribution in [3.05, 3.63) is 29.8 Å². The monoisotopic (exact) mass is 343 g/mol. The van der Waals surface area contributed by atoms with Crippen LogP contribution in [0.4, 0.5) is 5.69 Å². The lowest BCUT2D eigenvalue weighted by Gasteiger charge is -2.57. The first-order valence-electron chi connectivity index (χ1n) is 9.64.